The zero-order chi connectivity index (χ0) is 25.4. The van der Waals surface area contributed by atoms with Crippen molar-refractivity contribution in [2.24, 2.45) is 0 Å². The summed E-state index contributed by atoms with van der Waals surface area (Å²) in [5.74, 6) is 0.390. The quantitative estimate of drug-likeness (QED) is 0.195. The van der Waals surface area contributed by atoms with Gasteiger partial charge in [0.15, 0.2) is 9.84 Å². The van der Waals surface area contributed by atoms with E-state index in [1.807, 2.05) is 18.2 Å². The van der Waals surface area contributed by atoms with Crippen LogP contribution in [0.1, 0.15) is 20.8 Å². The minimum Gasteiger partial charge on any atom is -0.490 e. The third-order valence-corrected chi connectivity index (χ3v) is 8.83. The van der Waals surface area contributed by atoms with E-state index < -0.39 is 29.0 Å². The van der Waals surface area contributed by atoms with Gasteiger partial charge in [0, 0.05) is 17.1 Å². The van der Waals surface area contributed by atoms with Gasteiger partial charge < -0.3 is 36.3 Å². The Hall–Kier alpha value is -2.79. The average molecular weight is 593 g/mol. The van der Waals surface area contributed by atoms with Gasteiger partial charge in [-0.3, -0.25) is 4.52 Å². The minimum absolute atomic E-state index is 0. The van der Waals surface area contributed by atoms with Crippen LogP contribution in [0.3, 0.4) is 0 Å². The molecule has 0 bridgehead atoms. The molecule has 0 spiro atoms. The maximum Gasteiger partial charge on any atom is 0.469 e. The van der Waals surface area contributed by atoms with Gasteiger partial charge >= 0.3 is 7.82 Å². The van der Waals surface area contributed by atoms with Gasteiger partial charge in [0.2, 0.25) is 0 Å². The van der Waals surface area contributed by atoms with Crippen LogP contribution in [0.4, 0.5) is 11.5 Å². The molecule has 0 saturated carbocycles. The molecule has 2 aromatic carbocycles. The number of sulfone groups is 1. The number of phosphoric acid groups is 1. The van der Waals surface area contributed by atoms with E-state index in [9.17, 15) is 13.0 Å². The van der Waals surface area contributed by atoms with Crippen LogP contribution in [-0.2, 0) is 18.9 Å². The van der Waals surface area contributed by atoms with Crippen molar-refractivity contribution < 1.29 is 48.5 Å². The third-order valence-electron chi connectivity index (χ3n) is 4.99. The number of thiazole rings is 1. The lowest BCUT2D eigenvalue weighted by Crippen LogP contribution is -2.28. The van der Waals surface area contributed by atoms with E-state index >= 15 is 0 Å². The summed E-state index contributed by atoms with van der Waals surface area (Å²) >= 11 is 1.53. The van der Waals surface area contributed by atoms with E-state index in [4.69, 9.17) is 14.5 Å². The van der Waals surface area contributed by atoms with Crippen LogP contribution in [0, 0.1) is 0 Å². The first-order valence-corrected chi connectivity index (χ1v) is 14.2. The van der Waals surface area contributed by atoms with Crippen LogP contribution >= 0.6 is 19.2 Å². The number of nitrogens with one attached hydrogen (secondary N) is 1. The van der Waals surface area contributed by atoms with E-state index in [2.05, 4.69) is 24.8 Å². The van der Waals surface area contributed by atoms with Gasteiger partial charge in [-0.2, -0.15) is 0 Å². The van der Waals surface area contributed by atoms with Crippen molar-refractivity contribution in [2.45, 2.75) is 30.4 Å². The summed E-state index contributed by atoms with van der Waals surface area (Å²) in [5, 5.41) is 3.66. The Morgan fingerprint density at radius 2 is 1.71 bits per heavy atom. The molecular formula is C21H29N4O10PS2. The molecule has 9 N–H and O–H groups in total. The van der Waals surface area contributed by atoms with Crippen molar-refractivity contribution in [3.05, 3.63) is 42.2 Å². The molecule has 0 aliphatic carbocycles. The Kier molecular flexibility index (Phi) is 10.8. The molecule has 2 heterocycles. The highest BCUT2D eigenvalue weighted by atomic mass is 32.2. The topological polar surface area (TPSA) is 255 Å². The number of benzene rings is 2. The number of aromatic nitrogens is 3. The highest BCUT2D eigenvalue weighted by Gasteiger charge is 2.34. The van der Waals surface area contributed by atoms with Crippen molar-refractivity contribution in [1.29, 1.82) is 0 Å². The second kappa shape index (κ2) is 12.4. The van der Waals surface area contributed by atoms with Crippen LogP contribution in [0.5, 0.6) is 5.75 Å². The summed E-state index contributed by atoms with van der Waals surface area (Å²) in [6.07, 6.45) is 1.34. The Balaban J connectivity index is 0.00000241. The monoisotopic (exact) mass is 592 g/mol. The largest absolute Gasteiger partial charge is 0.490 e. The zero-order valence-electron chi connectivity index (χ0n) is 20.5. The van der Waals surface area contributed by atoms with E-state index in [0.29, 0.717) is 16.7 Å². The van der Waals surface area contributed by atoms with Crippen molar-refractivity contribution in [3.8, 4) is 5.75 Å². The summed E-state index contributed by atoms with van der Waals surface area (Å²) in [5.41, 5.74) is 3.71. The van der Waals surface area contributed by atoms with Crippen molar-refractivity contribution in [2.75, 3.05) is 18.5 Å². The van der Waals surface area contributed by atoms with Crippen molar-refractivity contribution in [3.63, 3.8) is 0 Å². The normalized spacial score (nSPS) is 11.8. The Morgan fingerprint density at radius 1 is 1.00 bits per heavy atom. The predicted octanol–water partition coefficient (Wildman–Crippen LogP) is 1.57. The maximum absolute atomic E-state index is 13.4. The molecular weight excluding hydrogens is 563 g/mol. The van der Waals surface area contributed by atoms with Gasteiger partial charge in [-0.25, -0.2) is 27.9 Å². The van der Waals surface area contributed by atoms with E-state index in [1.165, 1.54) is 29.8 Å². The number of hydrogen-bond donors (Lipinski definition) is 3. The molecule has 4 rings (SSSR count). The van der Waals surface area contributed by atoms with Gasteiger partial charge in [0.05, 0.1) is 32.6 Å². The molecule has 210 valence electrons. The molecule has 4 aromatic rings. The number of anilines is 2. The molecule has 0 aliphatic rings. The fourth-order valence-electron chi connectivity index (χ4n) is 3.20. The van der Waals surface area contributed by atoms with Gasteiger partial charge in [-0.05, 0) is 45.0 Å². The minimum atomic E-state index is -4.68. The number of rotatable bonds is 8. The fraction of sp³-hybridized carbons (Fsp3) is 0.286. The number of hydrogen-bond acceptors (Lipinski definition) is 10. The molecule has 0 atom stereocenters. The Bertz CT molecular complexity index is 1550. The van der Waals surface area contributed by atoms with Gasteiger partial charge in [-0.1, -0.05) is 0 Å². The summed E-state index contributed by atoms with van der Waals surface area (Å²) < 4.78 is 47.6. The first kappa shape index (κ1) is 33.2. The van der Waals surface area contributed by atoms with Gasteiger partial charge in [0.25, 0.3) is 0 Å². The number of nitrogens with zero attached hydrogens (tertiary/aromatic N) is 3. The van der Waals surface area contributed by atoms with Crippen LogP contribution in [0.2, 0.25) is 0 Å². The standard InChI is InChI=1S/C21H23N4O7PS2.3H2O/c1-21(2,3)35(29,30)19-9-14-15(10-17(19)31-6-7-32-33(26,27)28)22-11-23-20(14)25-13-4-5-18-16(8-13)24-12-34-18;;;/h4-5,8-12H,6-7H2,1-3H3,(H,22,23,25)(H2,26,27,28);3*1H2. The second-order valence-corrected chi connectivity index (χ2v) is 13.3. The Morgan fingerprint density at radius 3 is 2.37 bits per heavy atom. The lowest BCUT2D eigenvalue weighted by molar-refractivity contribution is 0.159. The molecule has 38 heavy (non-hydrogen) atoms. The molecule has 14 nitrogen and oxygen atoms in total. The molecule has 0 aliphatic heterocycles. The van der Waals surface area contributed by atoms with Gasteiger partial charge in [-0.15, -0.1) is 11.3 Å². The van der Waals surface area contributed by atoms with E-state index in [1.54, 1.807) is 26.3 Å². The number of phosphoric ester groups is 1. The lowest BCUT2D eigenvalue weighted by Gasteiger charge is -2.22. The molecule has 17 heteroatoms. The summed E-state index contributed by atoms with van der Waals surface area (Å²) in [4.78, 5) is 30.5. The Labute approximate surface area is 221 Å². The molecule has 2 aromatic heterocycles. The van der Waals surface area contributed by atoms with Crippen molar-refractivity contribution >= 4 is 61.6 Å². The lowest BCUT2D eigenvalue weighted by atomic mass is 10.2. The second-order valence-electron chi connectivity index (χ2n) is 8.49. The summed E-state index contributed by atoms with van der Waals surface area (Å²) in [6.45, 7) is 3.98. The highest BCUT2D eigenvalue weighted by molar-refractivity contribution is 7.92. The first-order chi connectivity index (χ1) is 16.3. The maximum atomic E-state index is 13.4. The highest BCUT2D eigenvalue weighted by Crippen LogP contribution is 2.38. The smallest absolute Gasteiger partial charge is 0.469 e. The first-order valence-electron chi connectivity index (χ1n) is 10.3. The van der Waals surface area contributed by atoms with Crippen LogP contribution < -0.4 is 10.1 Å². The number of ether oxygens (including phenoxy) is 1. The van der Waals surface area contributed by atoms with Crippen LogP contribution in [0.25, 0.3) is 21.1 Å². The molecule has 0 amide bonds. The van der Waals surface area contributed by atoms with Gasteiger partial charge in [0.1, 0.15) is 29.4 Å². The fourth-order valence-corrected chi connectivity index (χ4v) is 5.48. The van der Waals surface area contributed by atoms with E-state index in [-0.39, 0.29) is 33.7 Å². The summed E-state index contributed by atoms with van der Waals surface area (Å²) in [7, 11) is -8.57. The zero-order valence-corrected chi connectivity index (χ0v) is 23.0. The van der Waals surface area contributed by atoms with Crippen molar-refractivity contribution in [1.82, 2.24) is 15.0 Å². The van der Waals surface area contributed by atoms with Crippen LogP contribution in [0.15, 0.2) is 47.1 Å². The molecule has 0 saturated heterocycles. The van der Waals surface area contributed by atoms with Crippen LogP contribution in [-0.4, -0.2) is 67.5 Å². The average Bonchev–Trinajstić information content (AvgIpc) is 3.23. The predicted molar refractivity (Wildman–Crippen MR) is 144 cm³/mol. The van der Waals surface area contributed by atoms with E-state index in [0.717, 1.165) is 15.9 Å². The summed E-state index contributed by atoms with van der Waals surface area (Å²) in [6, 6.07) is 8.57. The third kappa shape index (κ3) is 7.19. The SMILES string of the molecule is CC(C)(C)S(=O)(=O)c1cc2c(Nc3ccc4scnc4c3)ncnc2cc1OCCOP(=O)(O)O.O.O.O. The molecule has 0 unspecified atom stereocenters. The molecule has 0 radical (unpaired) electrons. The number of fused-ring (bicyclic) bond motifs is 2. The molecule has 0 fully saturated rings.